The lowest BCUT2D eigenvalue weighted by atomic mass is 10.1. The van der Waals surface area contributed by atoms with Crippen molar-refractivity contribution in [3.63, 3.8) is 0 Å². The van der Waals surface area contributed by atoms with E-state index in [1.54, 1.807) is 25.3 Å². The first kappa shape index (κ1) is 16.3. The van der Waals surface area contributed by atoms with Crippen LogP contribution < -0.4 is 9.64 Å². The van der Waals surface area contributed by atoms with Gasteiger partial charge in [0.1, 0.15) is 5.75 Å². The SMILES string of the molecule is CCN(CCCN(C)C)c1cc(OC)ccc1C(=O)O. The number of methoxy groups -OCH3 is 1. The number of ether oxygens (including phenoxy) is 1. The van der Waals surface area contributed by atoms with Crippen LogP contribution >= 0.6 is 0 Å². The van der Waals surface area contributed by atoms with Crippen LogP contribution in [0.1, 0.15) is 23.7 Å². The van der Waals surface area contributed by atoms with E-state index in [1.165, 1.54) is 0 Å². The molecule has 5 heteroatoms. The third-order valence-corrected chi connectivity index (χ3v) is 3.19. The van der Waals surface area contributed by atoms with Crippen LogP contribution in [0, 0.1) is 0 Å². The molecule has 0 bridgehead atoms. The Morgan fingerprint density at radius 3 is 2.50 bits per heavy atom. The number of hydrogen-bond donors (Lipinski definition) is 1. The molecule has 0 saturated heterocycles. The van der Waals surface area contributed by atoms with Crippen molar-refractivity contribution >= 4 is 11.7 Å². The van der Waals surface area contributed by atoms with Crippen molar-refractivity contribution in [3.8, 4) is 5.75 Å². The molecule has 0 saturated carbocycles. The highest BCUT2D eigenvalue weighted by molar-refractivity contribution is 5.94. The van der Waals surface area contributed by atoms with E-state index < -0.39 is 5.97 Å². The zero-order valence-corrected chi connectivity index (χ0v) is 12.7. The number of benzene rings is 1. The predicted molar refractivity (Wildman–Crippen MR) is 81.0 cm³/mol. The Labute approximate surface area is 120 Å². The highest BCUT2D eigenvalue weighted by Crippen LogP contribution is 2.26. The molecule has 112 valence electrons. The van der Waals surface area contributed by atoms with E-state index in [-0.39, 0.29) is 0 Å². The van der Waals surface area contributed by atoms with Gasteiger partial charge in [0.2, 0.25) is 0 Å². The Balaban J connectivity index is 2.96. The van der Waals surface area contributed by atoms with Crippen molar-refractivity contribution < 1.29 is 14.6 Å². The van der Waals surface area contributed by atoms with E-state index in [0.29, 0.717) is 11.3 Å². The summed E-state index contributed by atoms with van der Waals surface area (Å²) in [5, 5.41) is 9.31. The number of aromatic carboxylic acids is 1. The molecule has 0 heterocycles. The molecule has 0 amide bonds. The van der Waals surface area contributed by atoms with Crippen molar-refractivity contribution in [3.05, 3.63) is 23.8 Å². The second-order valence-corrected chi connectivity index (χ2v) is 4.92. The molecule has 5 nitrogen and oxygen atoms in total. The van der Waals surface area contributed by atoms with E-state index in [1.807, 2.05) is 21.0 Å². The Morgan fingerprint density at radius 1 is 1.30 bits per heavy atom. The molecule has 1 aromatic rings. The van der Waals surface area contributed by atoms with Crippen molar-refractivity contribution in [1.82, 2.24) is 4.90 Å². The van der Waals surface area contributed by atoms with Crippen molar-refractivity contribution in [1.29, 1.82) is 0 Å². The molecule has 0 unspecified atom stereocenters. The van der Waals surface area contributed by atoms with Crippen LogP contribution in [-0.2, 0) is 0 Å². The maximum absolute atomic E-state index is 11.3. The average Bonchev–Trinajstić information content (AvgIpc) is 2.42. The van der Waals surface area contributed by atoms with Gasteiger partial charge in [0.05, 0.1) is 18.4 Å². The normalized spacial score (nSPS) is 10.7. The summed E-state index contributed by atoms with van der Waals surface area (Å²) in [6, 6.07) is 5.08. The molecule has 0 radical (unpaired) electrons. The number of anilines is 1. The summed E-state index contributed by atoms with van der Waals surface area (Å²) < 4.78 is 5.20. The molecule has 0 aliphatic rings. The van der Waals surface area contributed by atoms with Gasteiger partial charge in [0.15, 0.2) is 0 Å². The highest BCUT2D eigenvalue weighted by Gasteiger charge is 2.16. The van der Waals surface area contributed by atoms with Gasteiger partial charge in [0, 0.05) is 19.2 Å². The maximum Gasteiger partial charge on any atom is 0.337 e. The molecule has 0 atom stereocenters. The number of carboxylic acid groups (broad SMARTS) is 1. The average molecular weight is 280 g/mol. The van der Waals surface area contributed by atoms with Crippen LogP contribution in [0.25, 0.3) is 0 Å². The summed E-state index contributed by atoms with van der Waals surface area (Å²) in [7, 11) is 5.65. The molecule has 1 N–H and O–H groups in total. The highest BCUT2D eigenvalue weighted by atomic mass is 16.5. The number of nitrogens with zero attached hydrogens (tertiary/aromatic N) is 2. The molecule has 1 rings (SSSR count). The Hall–Kier alpha value is -1.75. The molecule has 20 heavy (non-hydrogen) atoms. The van der Waals surface area contributed by atoms with E-state index in [4.69, 9.17) is 4.74 Å². The Kier molecular flexibility index (Phi) is 6.31. The minimum atomic E-state index is -0.909. The monoisotopic (exact) mass is 280 g/mol. The number of rotatable bonds is 8. The summed E-state index contributed by atoms with van der Waals surface area (Å²) in [5.41, 5.74) is 1.04. The van der Waals surface area contributed by atoms with Crippen LogP contribution in [-0.4, -0.2) is 56.8 Å². The van der Waals surface area contributed by atoms with Gasteiger partial charge in [-0.05, 0) is 46.1 Å². The Bertz CT molecular complexity index is 447. The quantitative estimate of drug-likeness (QED) is 0.791. The van der Waals surface area contributed by atoms with Crippen molar-refractivity contribution in [2.75, 3.05) is 45.7 Å². The third-order valence-electron chi connectivity index (χ3n) is 3.19. The fourth-order valence-corrected chi connectivity index (χ4v) is 2.11. The predicted octanol–water partition coefficient (Wildman–Crippen LogP) is 2.17. The summed E-state index contributed by atoms with van der Waals surface area (Å²) in [4.78, 5) is 15.5. The number of hydrogen-bond acceptors (Lipinski definition) is 4. The van der Waals surface area contributed by atoms with Gasteiger partial charge in [-0.15, -0.1) is 0 Å². The van der Waals surface area contributed by atoms with Gasteiger partial charge >= 0.3 is 5.97 Å². The molecular weight excluding hydrogens is 256 g/mol. The fourth-order valence-electron chi connectivity index (χ4n) is 2.11. The zero-order chi connectivity index (χ0) is 15.1. The van der Waals surface area contributed by atoms with Gasteiger partial charge in [-0.3, -0.25) is 0 Å². The summed E-state index contributed by atoms with van der Waals surface area (Å²) in [5.74, 6) is -0.232. The van der Waals surface area contributed by atoms with Gasteiger partial charge in [-0.2, -0.15) is 0 Å². The first-order valence-electron chi connectivity index (χ1n) is 6.80. The van der Waals surface area contributed by atoms with Crippen LogP contribution in [0.3, 0.4) is 0 Å². The lowest BCUT2D eigenvalue weighted by Gasteiger charge is -2.26. The van der Waals surface area contributed by atoms with Gasteiger partial charge < -0.3 is 19.6 Å². The summed E-state index contributed by atoms with van der Waals surface area (Å²) in [6.07, 6.45) is 0.983. The second kappa shape index (κ2) is 7.75. The van der Waals surface area contributed by atoms with Crippen LogP contribution in [0.2, 0.25) is 0 Å². The summed E-state index contributed by atoms with van der Waals surface area (Å²) in [6.45, 7) is 4.59. The van der Waals surface area contributed by atoms with E-state index in [0.717, 1.165) is 31.7 Å². The van der Waals surface area contributed by atoms with Crippen molar-refractivity contribution in [2.24, 2.45) is 0 Å². The molecule has 0 aliphatic carbocycles. The topological polar surface area (TPSA) is 53.0 Å². The summed E-state index contributed by atoms with van der Waals surface area (Å²) >= 11 is 0. The molecule has 1 aromatic carbocycles. The lowest BCUT2D eigenvalue weighted by molar-refractivity contribution is 0.0697. The lowest BCUT2D eigenvalue weighted by Crippen LogP contribution is -2.28. The van der Waals surface area contributed by atoms with Crippen molar-refractivity contribution in [2.45, 2.75) is 13.3 Å². The third kappa shape index (κ3) is 4.42. The zero-order valence-electron chi connectivity index (χ0n) is 12.7. The molecule has 0 fully saturated rings. The minimum absolute atomic E-state index is 0.317. The van der Waals surface area contributed by atoms with Gasteiger partial charge in [-0.25, -0.2) is 4.79 Å². The van der Waals surface area contributed by atoms with E-state index in [9.17, 15) is 9.90 Å². The van der Waals surface area contributed by atoms with Gasteiger partial charge in [0.25, 0.3) is 0 Å². The largest absolute Gasteiger partial charge is 0.497 e. The Morgan fingerprint density at radius 2 is 2.00 bits per heavy atom. The van der Waals surface area contributed by atoms with Gasteiger partial charge in [-0.1, -0.05) is 0 Å². The smallest absolute Gasteiger partial charge is 0.337 e. The molecule has 0 aromatic heterocycles. The minimum Gasteiger partial charge on any atom is -0.497 e. The second-order valence-electron chi connectivity index (χ2n) is 4.92. The first-order chi connectivity index (χ1) is 9.49. The molecule has 0 spiro atoms. The van der Waals surface area contributed by atoms with Crippen LogP contribution in [0.5, 0.6) is 5.75 Å². The van der Waals surface area contributed by atoms with E-state index in [2.05, 4.69) is 9.80 Å². The standard InChI is InChI=1S/C15H24N2O3/c1-5-17(10-6-9-16(2)3)14-11-12(20-4)7-8-13(14)15(18)19/h7-8,11H,5-6,9-10H2,1-4H3,(H,18,19). The molecule has 0 aliphatic heterocycles. The fraction of sp³-hybridized carbons (Fsp3) is 0.533. The van der Waals surface area contributed by atoms with Crippen LogP contribution in [0.4, 0.5) is 5.69 Å². The number of carboxylic acids is 1. The van der Waals surface area contributed by atoms with Crippen LogP contribution in [0.15, 0.2) is 18.2 Å². The maximum atomic E-state index is 11.3. The molecular formula is C15H24N2O3. The van der Waals surface area contributed by atoms with E-state index >= 15 is 0 Å². The first-order valence-corrected chi connectivity index (χ1v) is 6.80. The number of carbonyl (C=O) groups is 1.